The lowest BCUT2D eigenvalue weighted by Crippen LogP contribution is -2.16. The first-order valence-electron chi connectivity index (χ1n) is 7.14. The number of esters is 1. The molecule has 1 aliphatic rings. The second-order valence-corrected chi connectivity index (χ2v) is 5.18. The molecule has 1 aromatic heterocycles. The van der Waals surface area contributed by atoms with Gasteiger partial charge in [0.1, 0.15) is 5.82 Å². The van der Waals surface area contributed by atoms with Crippen molar-refractivity contribution in [1.29, 1.82) is 0 Å². The van der Waals surface area contributed by atoms with E-state index in [0.717, 1.165) is 43.0 Å². The van der Waals surface area contributed by atoms with Crippen LogP contribution in [0, 0.1) is 0 Å². The summed E-state index contributed by atoms with van der Waals surface area (Å²) in [6.07, 6.45) is 3.38. The Bertz CT molecular complexity index is 651. The Morgan fingerprint density at radius 1 is 1.29 bits per heavy atom. The van der Waals surface area contributed by atoms with Gasteiger partial charge >= 0.3 is 5.97 Å². The zero-order valence-corrected chi connectivity index (χ0v) is 11.8. The highest BCUT2D eigenvalue weighted by atomic mass is 16.5. The molecule has 2 aromatic rings. The molecule has 0 unspecified atom stereocenters. The fourth-order valence-corrected chi connectivity index (χ4v) is 2.52. The van der Waals surface area contributed by atoms with Crippen molar-refractivity contribution in [1.82, 2.24) is 14.8 Å². The Balaban J connectivity index is 1.59. The Morgan fingerprint density at radius 3 is 3.00 bits per heavy atom. The number of hydrogen-bond donors (Lipinski definition) is 1. The van der Waals surface area contributed by atoms with E-state index in [4.69, 9.17) is 10.5 Å². The van der Waals surface area contributed by atoms with E-state index in [0.29, 0.717) is 5.69 Å². The van der Waals surface area contributed by atoms with E-state index in [2.05, 4.69) is 10.2 Å². The molecule has 110 valence electrons. The van der Waals surface area contributed by atoms with E-state index < -0.39 is 0 Å². The van der Waals surface area contributed by atoms with Gasteiger partial charge in [-0.15, -0.1) is 10.2 Å². The second-order valence-electron chi connectivity index (χ2n) is 5.18. The van der Waals surface area contributed by atoms with Crippen molar-refractivity contribution in [3.63, 3.8) is 0 Å². The van der Waals surface area contributed by atoms with Gasteiger partial charge in [0, 0.05) is 18.7 Å². The van der Waals surface area contributed by atoms with E-state index in [9.17, 15) is 4.79 Å². The lowest BCUT2D eigenvalue weighted by molar-refractivity contribution is -0.144. The summed E-state index contributed by atoms with van der Waals surface area (Å²) in [6, 6.07) is 7.30. The smallest absolute Gasteiger partial charge is 0.310 e. The van der Waals surface area contributed by atoms with Gasteiger partial charge in [-0.3, -0.25) is 4.79 Å². The number of aromatic nitrogens is 3. The van der Waals surface area contributed by atoms with Crippen LogP contribution in [0.5, 0.6) is 0 Å². The maximum Gasteiger partial charge on any atom is 0.310 e. The highest BCUT2D eigenvalue weighted by Crippen LogP contribution is 2.15. The minimum Gasteiger partial charge on any atom is -0.457 e. The van der Waals surface area contributed by atoms with Gasteiger partial charge in [0.15, 0.2) is 12.4 Å². The number of para-hydroxylation sites is 1. The molecule has 1 aliphatic heterocycles. The van der Waals surface area contributed by atoms with Crippen LogP contribution in [0.4, 0.5) is 5.69 Å². The van der Waals surface area contributed by atoms with Crippen molar-refractivity contribution in [3.8, 4) is 0 Å². The number of hydrogen-bond acceptors (Lipinski definition) is 5. The van der Waals surface area contributed by atoms with Crippen molar-refractivity contribution in [3.05, 3.63) is 41.5 Å². The lowest BCUT2D eigenvalue weighted by atomic mass is 10.1. The summed E-state index contributed by atoms with van der Waals surface area (Å²) in [5.74, 6) is 1.40. The zero-order chi connectivity index (χ0) is 14.7. The molecule has 0 fully saturated rings. The molecule has 0 saturated heterocycles. The lowest BCUT2D eigenvalue weighted by Gasteiger charge is -2.14. The van der Waals surface area contributed by atoms with E-state index in [1.54, 1.807) is 6.07 Å². The Kier molecular flexibility index (Phi) is 3.85. The van der Waals surface area contributed by atoms with Crippen molar-refractivity contribution in [2.45, 2.75) is 38.8 Å². The normalized spacial score (nSPS) is 13.7. The van der Waals surface area contributed by atoms with Crippen molar-refractivity contribution < 1.29 is 9.53 Å². The van der Waals surface area contributed by atoms with E-state index in [1.165, 1.54) is 0 Å². The Morgan fingerprint density at radius 2 is 2.14 bits per heavy atom. The fourth-order valence-electron chi connectivity index (χ4n) is 2.52. The standard InChI is InChI=1S/C15H18N4O2/c16-12-6-2-1-5-11(12)9-15(20)21-10-14-18-17-13-7-3-4-8-19(13)14/h1-2,5-6H,3-4,7-10,16H2. The summed E-state index contributed by atoms with van der Waals surface area (Å²) in [5.41, 5.74) is 7.21. The monoisotopic (exact) mass is 286 g/mol. The van der Waals surface area contributed by atoms with Crippen LogP contribution in [0.25, 0.3) is 0 Å². The molecule has 0 saturated carbocycles. The summed E-state index contributed by atoms with van der Waals surface area (Å²) in [6.45, 7) is 1.07. The van der Waals surface area contributed by atoms with Crippen LogP contribution in [0.3, 0.4) is 0 Å². The quantitative estimate of drug-likeness (QED) is 0.680. The number of rotatable bonds is 4. The SMILES string of the molecule is Nc1ccccc1CC(=O)OCc1nnc2n1CCCC2. The first-order valence-corrected chi connectivity index (χ1v) is 7.14. The molecule has 0 bridgehead atoms. The second kappa shape index (κ2) is 5.95. The van der Waals surface area contributed by atoms with Crippen LogP contribution in [0.2, 0.25) is 0 Å². The maximum atomic E-state index is 11.9. The van der Waals surface area contributed by atoms with Crippen molar-refractivity contribution >= 4 is 11.7 Å². The minimum atomic E-state index is -0.305. The molecule has 0 amide bonds. The number of ether oxygens (including phenoxy) is 1. The number of nitrogen functional groups attached to an aromatic ring is 1. The van der Waals surface area contributed by atoms with Gasteiger partial charge in [-0.05, 0) is 24.5 Å². The third-order valence-electron chi connectivity index (χ3n) is 3.69. The number of nitrogens with two attached hydrogens (primary N) is 1. The Hall–Kier alpha value is -2.37. The molecular weight excluding hydrogens is 268 g/mol. The van der Waals surface area contributed by atoms with E-state index in [-0.39, 0.29) is 19.0 Å². The van der Waals surface area contributed by atoms with Crippen molar-refractivity contribution in [2.75, 3.05) is 5.73 Å². The Labute approximate surface area is 122 Å². The van der Waals surface area contributed by atoms with Crippen LogP contribution in [0.15, 0.2) is 24.3 Å². The zero-order valence-electron chi connectivity index (χ0n) is 11.8. The van der Waals surface area contributed by atoms with Crippen LogP contribution in [-0.4, -0.2) is 20.7 Å². The van der Waals surface area contributed by atoms with Crippen molar-refractivity contribution in [2.24, 2.45) is 0 Å². The number of carbonyl (C=O) groups excluding carboxylic acids is 1. The van der Waals surface area contributed by atoms with Gasteiger partial charge in [0.2, 0.25) is 0 Å². The minimum absolute atomic E-state index is 0.165. The molecular formula is C15H18N4O2. The predicted octanol–water partition coefficient (Wildman–Crippen LogP) is 1.48. The number of nitrogens with zero attached hydrogens (tertiary/aromatic N) is 3. The number of anilines is 1. The summed E-state index contributed by atoms with van der Waals surface area (Å²) >= 11 is 0. The molecule has 3 rings (SSSR count). The molecule has 6 nitrogen and oxygen atoms in total. The highest BCUT2D eigenvalue weighted by Gasteiger charge is 2.17. The molecule has 2 N–H and O–H groups in total. The molecule has 2 heterocycles. The summed E-state index contributed by atoms with van der Waals surface area (Å²) in [7, 11) is 0. The first kappa shape index (κ1) is 13.6. The average Bonchev–Trinajstić information content (AvgIpc) is 2.91. The largest absolute Gasteiger partial charge is 0.457 e. The molecule has 1 aromatic carbocycles. The first-order chi connectivity index (χ1) is 10.2. The average molecular weight is 286 g/mol. The van der Waals surface area contributed by atoms with Gasteiger partial charge in [0.05, 0.1) is 6.42 Å². The predicted molar refractivity (Wildman–Crippen MR) is 77.3 cm³/mol. The van der Waals surface area contributed by atoms with E-state index in [1.807, 2.05) is 22.8 Å². The number of fused-ring (bicyclic) bond motifs is 1. The number of aryl methyl sites for hydroxylation is 1. The molecule has 6 heteroatoms. The molecule has 0 aliphatic carbocycles. The van der Waals surface area contributed by atoms with Gasteiger partial charge < -0.3 is 15.0 Å². The third kappa shape index (κ3) is 3.04. The van der Waals surface area contributed by atoms with Gasteiger partial charge in [-0.2, -0.15) is 0 Å². The number of carbonyl (C=O) groups is 1. The summed E-state index contributed by atoms with van der Waals surface area (Å²) < 4.78 is 7.34. The van der Waals surface area contributed by atoms with Crippen LogP contribution in [-0.2, 0) is 35.5 Å². The molecule has 0 radical (unpaired) electrons. The number of benzene rings is 1. The summed E-state index contributed by atoms with van der Waals surface area (Å²) in [5, 5.41) is 8.24. The van der Waals surface area contributed by atoms with Gasteiger partial charge in [-0.1, -0.05) is 18.2 Å². The van der Waals surface area contributed by atoms with Crippen LogP contribution in [0.1, 0.15) is 30.1 Å². The topological polar surface area (TPSA) is 83.0 Å². The molecule has 0 spiro atoms. The highest BCUT2D eigenvalue weighted by molar-refractivity contribution is 5.74. The van der Waals surface area contributed by atoms with E-state index >= 15 is 0 Å². The molecule has 0 atom stereocenters. The fraction of sp³-hybridized carbons (Fsp3) is 0.400. The van der Waals surface area contributed by atoms with Crippen LogP contribution < -0.4 is 5.73 Å². The summed E-state index contributed by atoms with van der Waals surface area (Å²) in [4.78, 5) is 11.9. The van der Waals surface area contributed by atoms with Gasteiger partial charge in [-0.25, -0.2) is 0 Å². The maximum absolute atomic E-state index is 11.9. The van der Waals surface area contributed by atoms with Gasteiger partial charge in [0.25, 0.3) is 0 Å². The van der Waals surface area contributed by atoms with Crippen LogP contribution >= 0.6 is 0 Å². The third-order valence-corrected chi connectivity index (χ3v) is 3.69. The molecule has 21 heavy (non-hydrogen) atoms.